The molecule has 1 aromatic carbocycles. The predicted octanol–water partition coefficient (Wildman–Crippen LogP) is 2.26. The molecule has 2 heterocycles. The summed E-state index contributed by atoms with van der Waals surface area (Å²) in [6, 6.07) is 4.70. The highest BCUT2D eigenvalue weighted by Crippen LogP contribution is 2.29. The van der Waals surface area contributed by atoms with E-state index in [1.165, 1.54) is 7.11 Å². The van der Waals surface area contributed by atoms with Crippen LogP contribution in [0.3, 0.4) is 0 Å². The highest BCUT2D eigenvalue weighted by molar-refractivity contribution is 5.89. The Balaban J connectivity index is 1.52. The molecule has 1 saturated heterocycles. The molecule has 134 valence electrons. The number of hydrogen-bond donors (Lipinski definition) is 2. The van der Waals surface area contributed by atoms with Gasteiger partial charge >= 0.3 is 6.03 Å². The van der Waals surface area contributed by atoms with Gasteiger partial charge in [-0.2, -0.15) is 4.98 Å². The molecule has 0 radical (unpaired) electrons. The quantitative estimate of drug-likeness (QED) is 0.824. The van der Waals surface area contributed by atoms with E-state index >= 15 is 0 Å². The fourth-order valence-corrected chi connectivity index (χ4v) is 2.49. The second kappa shape index (κ2) is 7.84. The Bertz CT molecular complexity index is 727. The summed E-state index contributed by atoms with van der Waals surface area (Å²) in [6.07, 6.45) is 1.71. The first-order valence-electron chi connectivity index (χ1n) is 7.90. The van der Waals surface area contributed by atoms with E-state index in [1.807, 2.05) is 0 Å². The van der Waals surface area contributed by atoms with Crippen molar-refractivity contribution in [2.45, 2.75) is 25.5 Å². The second-order valence-corrected chi connectivity index (χ2v) is 5.43. The maximum absolute atomic E-state index is 12.0. The Labute approximate surface area is 144 Å². The van der Waals surface area contributed by atoms with Gasteiger partial charge in [0.2, 0.25) is 0 Å². The van der Waals surface area contributed by atoms with E-state index in [0.717, 1.165) is 12.8 Å². The largest absolute Gasteiger partial charge is 0.493 e. The predicted molar refractivity (Wildman–Crippen MR) is 87.6 cm³/mol. The molecule has 0 unspecified atom stereocenters. The summed E-state index contributed by atoms with van der Waals surface area (Å²) < 4.78 is 21.0. The normalized spacial score (nSPS) is 16.5. The van der Waals surface area contributed by atoms with Crippen LogP contribution in [0, 0.1) is 0 Å². The van der Waals surface area contributed by atoms with Crippen molar-refractivity contribution in [3.05, 3.63) is 29.9 Å². The van der Waals surface area contributed by atoms with E-state index in [4.69, 9.17) is 18.7 Å². The zero-order valence-electron chi connectivity index (χ0n) is 14.1. The monoisotopic (exact) mass is 348 g/mol. The zero-order chi connectivity index (χ0) is 17.6. The third-order valence-corrected chi connectivity index (χ3v) is 3.74. The van der Waals surface area contributed by atoms with Crippen LogP contribution in [-0.2, 0) is 11.3 Å². The molecule has 2 aromatic rings. The number of aromatic nitrogens is 2. The summed E-state index contributed by atoms with van der Waals surface area (Å²) in [5, 5.41) is 9.22. The summed E-state index contributed by atoms with van der Waals surface area (Å²) >= 11 is 0. The number of methoxy groups -OCH3 is 2. The number of rotatable bonds is 6. The minimum Gasteiger partial charge on any atom is -0.493 e. The molecule has 0 saturated carbocycles. The molecule has 1 aromatic heterocycles. The van der Waals surface area contributed by atoms with Crippen molar-refractivity contribution in [3.8, 4) is 11.5 Å². The number of anilines is 1. The number of ether oxygens (including phenoxy) is 3. The molecule has 0 spiro atoms. The third-order valence-electron chi connectivity index (χ3n) is 3.74. The minimum absolute atomic E-state index is 0.137. The minimum atomic E-state index is -0.393. The van der Waals surface area contributed by atoms with E-state index in [9.17, 15) is 4.79 Å². The number of nitrogens with zero attached hydrogens (tertiary/aromatic N) is 2. The van der Waals surface area contributed by atoms with Gasteiger partial charge in [-0.05, 0) is 25.0 Å². The Morgan fingerprint density at radius 1 is 1.32 bits per heavy atom. The van der Waals surface area contributed by atoms with Crippen LogP contribution in [0.25, 0.3) is 0 Å². The lowest BCUT2D eigenvalue weighted by Gasteiger charge is -2.10. The Morgan fingerprint density at radius 2 is 2.16 bits per heavy atom. The number of urea groups is 1. The topological polar surface area (TPSA) is 108 Å². The highest BCUT2D eigenvalue weighted by atomic mass is 16.5. The number of benzene rings is 1. The molecule has 0 aliphatic carbocycles. The first kappa shape index (κ1) is 17.0. The summed E-state index contributed by atoms with van der Waals surface area (Å²) in [5.41, 5.74) is 0.573. The van der Waals surface area contributed by atoms with Gasteiger partial charge in [-0.1, -0.05) is 5.16 Å². The molecule has 3 rings (SSSR count). The number of carbonyl (C=O) groups is 1. The highest BCUT2D eigenvalue weighted by Gasteiger charge is 2.23. The average molecular weight is 348 g/mol. The zero-order valence-corrected chi connectivity index (χ0v) is 14.1. The van der Waals surface area contributed by atoms with Gasteiger partial charge in [0.05, 0.1) is 20.8 Å². The van der Waals surface area contributed by atoms with E-state index in [1.54, 1.807) is 25.3 Å². The Kier molecular flexibility index (Phi) is 5.34. The summed E-state index contributed by atoms with van der Waals surface area (Å²) in [5.74, 6) is 1.96. The fraction of sp³-hybridized carbons (Fsp3) is 0.438. The van der Waals surface area contributed by atoms with Gasteiger partial charge in [0.15, 0.2) is 17.3 Å². The number of nitrogens with one attached hydrogen (secondary N) is 2. The van der Waals surface area contributed by atoms with Crippen LogP contribution in [0.4, 0.5) is 10.5 Å². The summed E-state index contributed by atoms with van der Waals surface area (Å²) in [4.78, 5) is 16.2. The number of hydrogen-bond acceptors (Lipinski definition) is 7. The molecular weight excluding hydrogens is 328 g/mol. The van der Waals surface area contributed by atoms with Crippen LogP contribution in [0.2, 0.25) is 0 Å². The molecule has 1 aliphatic heterocycles. The van der Waals surface area contributed by atoms with Crippen molar-refractivity contribution in [1.82, 2.24) is 15.5 Å². The first-order chi connectivity index (χ1) is 12.2. The number of carbonyl (C=O) groups excluding carboxylic acids is 1. The third kappa shape index (κ3) is 4.18. The van der Waals surface area contributed by atoms with Gasteiger partial charge in [0.1, 0.15) is 6.10 Å². The van der Waals surface area contributed by atoms with Crippen LogP contribution in [-0.4, -0.2) is 37.0 Å². The lowest BCUT2D eigenvalue weighted by atomic mass is 10.2. The van der Waals surface area contributed by atoms with Crippen LogP contribution in [0.15, 0.2) is 22.7 Å². The molecule has 1 aliphatic rings. The van der Waals surface area contributed by atoms with E-state index in [2.05, 4.69) is 20.8 Å². The van der Waals surface area contributed by atoms with Crippen LogP contribution in [0.5, 0.6) is 11.5 Å². The lowest BCUT2D eigenvalue weighted by molar-refractivity contribution is 0.0835. The maximum Gasteiger partial charge on any atom is 0.319 e. The van der Waals surface area contributed by atoms with Gasteiger partial charge in [0.25, 0.3) is 5.89 Å². The van der Waals surface area contributed by atoms with Gasteiger partial charge in [-0.15, -0.1) is 0 Å². The van der Waals surface area contributed by atoms with Crippen molar-refractivity contribution < 1.29 is 23.5 Å². The average Bonchev–Trinajstić information content (AvgIpc) is 3.31. The molecule has 9 nitrogen and oxygen atoms in total. The van der Waals surface area contributed by atoms with E-state index in [-0.39, 0.29) is 12.6 Å². The molecule has 2 N–H and O–H groups in total. The van der Waals surface area contributed by atoms with Crippen molar-refractivity contribution in [2.24, 2.45) is 0 Å². The first-order valence-corrected chi connectivity index (χ1v) is 7.90. The van der Waals surface area contributed by atoms with Crippen LogP contribution < -0.4 is 20.1 Å². The molecular formula is C16H20N4O5. The smallest absolute Gasteiger partial charge is 0.319 e. The Hall–Kier alpha value is -2.81. The molecule has 1 atom stereocenters. The molecule has 25 heavy (non-hydrogen) atoms. The van der Waals surface area contributed by atoms with Crippen molar-refractivity contribution in [3.63, 3.8) is 0 Å². The van der Waals surface area contributed by atoms with Crippen molar-refractivity contribution >= 4 is 11.7 Å². The van der Waals surface area contributed by atoms with E-state index in [0.29, 0.717) is 35.5 Å². The maximum atomic E-state index is 12.0. The standard InChI is InChI=1S/C16H20N4O5/c1-22-11-6-5-10(8-13(11)23-2)18-16(21)17-9-14-19-15(25-20-14)12-4-3-7-24-12/h5-6,8,12H,3-4,7,9H2,1-2H3,(H2,17,18,21)/t12-/m1/s1. The van der Waals surface area contributed by atoms with E-state index < -0.39 is 6.03 Å². The molecule has 0 bridgehead atoms. The van der Waals surface area contributed by atoms with Crippen molar-refractivity contribution in [1.29, 1.82) is 0 Å². The fourth-order valence-electron chi connectivity index (χ4n) is 2.49. The van der Waals surface area contributed by atoms with Crippen LogP contribution >= 0.6 is 0 Å². The Morgan fingerprint density at radius 3 is 2.88 bits per heavy atom. The van der Waals surface area contributed by atoms with Gasteiger partial charge in [-0.3, -0.25) is 0 Å². The van der Waals surface area contributed by atoms with Gasteiger partial charge in [-0.25, -0.2) is 4.79 Å². The summed E-state index contributed by atoms with van der Waals surface area (Å²) in [6.45, 7) is 0.851. The number of amides is 2. The lowest BCUT2D eigenvalue weighted by Crippen LogP contribution is -2.28. The SMILES string of the molecule is COc1ccc(NC(=O)NCc2noc([C@H]3CCCO3)n2)cc1OC. The summed E-state index contributed by atoms with van der Waals surface area (Å²) in [7, 11) is 3.08. The molecule has 1 fully saturated rings. The molecule has 9 heteroatoms. The van der Waals surface area contributed by atoms with Gasteiger partial charge < -0.3 is 29.4 Å². The van der Waals surface area contributed by atoms with Gasteiger partial charge in [0, 0.05) is 18.4 Å². The van der Waals surface area contributed by atoms with Crippen LogP contribution in [0.1, 0.15) is 30.7 Å². The van der Waals surface area contributed by atoms with Crippen molar-refractivity contribution in [2.75, 3.05) is 26.1 Å². The molecule has 2 amide bonds. The second-order valence-electron chi connectivity index (χ2n) is 5.43.